The van der Waals surface area contributed by atoms with Gasteiger partial charge in [-0.05, 0) is 18.2 Å². The Labute approximate surface area is 153 Å². The van der Waals surface area contributed by atoms with Crippen molar-refractivity contribution in [3.63, 3.8) is 0 Å². The second-order valence-corrected chi connectivity index (χ2v) is 5.95. The standard InChI is InChI=1S/C19H24N4O3/c1-25-9-6-21-16-12-15(13-20-14-16)19(24)22-17-4-2-3-5-18(17)23-7-10-26-11-8-23/h2-5,12-14,21H,6-11H2,1H3,(H,22,24). The van der Waals surface area contributed by atoms with Crippen LogP contribution >= 0.6 is 0 Å². The molecule has 0 atom stereocenters. The Morgan fingerprint density at radius 1 is 1.27 bits per heavy atom. The van der Waals surface area contributed by atoms with E-state index in [0.29, 0.717) is 31.9 Å². The summed E-state index contributed by atoms with van der Waals surface area (Å²) >= 11 is 0. The number of hydrogen-bond donors (Lipinski definition) is 2. The minimum Gasteiger partial charge on any atom is -0.383 e. The van der Waals surface area contributed by atoms with Crippen LogP contribution < -0.4 is 15.5 Å². The van der Waals surface area contributed by atoms with Crippen molar-refractivity contribution in [2.45, 2.75) is 0 Å². The molecule has 0 unspecified atom stereocenters. The smallest absolute Gasteiger partial charge is 0.257 e. The lowest BCUT2D eigenvalue weighted by molar-refractivity contribution is 0.102. The molecule has 7 heteroatoms. The fourth-order valence-corrected chi connectivity index (χ4v) is 2.81. The van der Waals surface area contributed by atoms with E-state index in [2.05, 4.69) is 20.5 Å². The minimum absolute atomic E-state index is 0.186. The summed E-state index contributed by atoms with van der Waals surface area (Å²) in [5.41, 5.74) is 3.09. The number of rotatable bonds is 7. The van der Waals surface area contributed by atoms with Gasteiger partial charge in [-0.1, -0.05) is 12.1 Å². The number of benzene rings is 1. The number of para-hydroxylation sites is 2. The Morgan fingerprint density at radius 3 is 2.88 bits per heavy atom. The molecule has 7 nitrogen and oxygen atoms in total. The first-order valence-corrected chi connectivity index (χ1v) is 8.69. The van der Waals surface area contributed by atoms with Gasteiger partial charge in [-0.2, -0.15) is 0 Å². The average Bonchev–Trinajstić information content (AvgIpc) is 2.69. The van der Waals surface area contributed by atoms with Crippen molar-refractivity contribution in [1.29, 1.82) is 0 Å². The third-order valence-electron chi connectivity index (χ3n) is 4.14. The molecule has 0 saturated carbocycles. The van der Waals surface area contributed by atoms with E-state index in [9.17, 15) is 4.79 Å². The minimum atomic E-state index is -0.186. The predicted octanol–water partition coefficient (Wildman–Crippen LogP) is 2.23. The number of carbonyl (C=O) groups excluding carboxylic acids is 1. The molecule has 0 spiro atoms. The Kier molecular flexibility index (Phi) is 6.40. The van der Waals surface area contributed by atoms with Crippen LogP contribution in [0.4, 0.5) is 17.1 Å². The molecule has 0 aliphatic carbocycles. The molecule has 1 aromatic carbocycles. The number of amides is 1. The predicted molar refractivity (Wildman–Crippen MR) is 102 cm³/mol. The number of hydrogen-bond acceptors (Lipinski definition) is 6. The highest BCUT2D eigenvalue weighted by molar-refractivity contribution is 6.06. The quantitative estimate of drug-likeness (QED) is 0.741. The first-order chi connectivity index (χ1) is 12.8. The molecule has 3 rings (SSSR count). The molecule has 0 radical (unpaired) electrons. The van der Waals surface area contributed by atoms with Crippen LogP contribution in [0, 0.1) is 0 Å². The van der Waals surface area contributed by atoms with Gasteiger partial charge in [-0.3, -0.25) is 9.78 Å². The number of carbonyl (C=O) groups is 1. The molecule has 1 saturated heterocycles. The van der Waals surface area contributed by atoms with Gasteiger partial charge in [-0.15, -0.1) is 0 Å². The van der Waals surface area contributed by atoms with E-state index in [-0.39, 0.29) is 5.91 Å². The summed E-state index contributed by atoms with van der Waals surface area (Å²) in [7, 11) is 1.65. The first kappa shape index (κ1) is 18.2. The summed E-state index contributed by atoms with van der Waals surface area (Å²) in [6.45, 7) is 4.26. The molecule has 138 valence electrons. The highest BCUT2D eigenvalue weighted by Gasteiger charge is 2.16. The molecule has 1 amide bonds. The highest BCUT2D eigenvalue weighted by atomic mass is 16.5. The Balaban J connectivity index is 1.71. The van der Waals surface area contributed by atoms with Crippen LogP contribution in [0.1, 0.15) is 10.4 Å². The van der Waals surface area contributed by atoms with Gasteiger partial charge in [0.05, 0.1) is 42.4 Å². The third kappa shape index (κ3) is 4.71. The van der Waals surface area contributed by atoms with Gasteiger partial charge in [0.15, 0.2) is 0 Å². The number of morpholine rings is 1. The lowest BCUT2D eigenvalue weighted by atomic mass is 10.2. The van der Waals surface area contributed by atoms with Crippen molar-refractivity contribution in [2.24, 2.45) is 0 Å². The maximum absolute atomic E-state index is 12.7. The molecule has 1 aromatic heterocycles. The van der Waals surface area contributed by atoms with Gasteiger partial charge in [0.1, 0.15) is 0 Å². The van der Waals surface area contributed by atoms with E-state index in [0.717, 1.165) is 30.2 Å². The van der Waals surface area contributed by atoms with Crippen LogP contribution in [0.15, 0.2) is 42.7 Å². The number of nitrogens with zero attached hydrogens (tertiary/aromatic N) is 2. The number of pyridine rings is 1. The maximum atomic E-state index is 12.7. The summed E-state index contributed by atoms with van der Waals surface area (Å²) < 4.78 is 10.4. The van der Waals surface area contributed by atoms with Crippen molar-refractivity contribution < 1.29 is 14.3 Å². The summed E-state index contributed by atoms with van der Waals surface area (Å²) in [6.07, 6.45) is 3.25. The second kappa shape index (κ2) is 9.17. The second-order valence-electron chi connectivity index (χ2n) is 5.95. The zero-order valence-corrected chi connectivity index (χ0v) is 14.9. The molecule has 26 heavy (non-hydrogen) atoms. The third-order valence-corrected chi connectivity index (χ3v) is 4.14. The Bertz CT molecular complexity index is 732. The van der Waals surface area contributed by atoms with Crippen LogP contribution in [0.5, 0.6) is 0 Å². The van der Waals surface area contributed by atoms with Gasteiger partial charge >= 0.3 is 0 Å². The zero-order chi connectivity index (χ0) is 18.2. The van der Waals surface area contributed by atoms with Crippen LogP contribution in [0.25, 0.3) is 0 Å². The van der Waals surface area contributed by atoms with E-state index in [1.807, 2.05) is 24.3 Å². The number of nitrogens with one attached hydrogen (secondary N) is 2. The van der Waals surface area contributed by atoms with Crippen LogP contribution in [-0.2, 0) is 9.47 Å². The van der Waals surface area contributed by atoms with E-state index in [4.69, 9.17) is 9.47 Å². The number of anilines is 3. The van der Waals surface area contributed by atoms with Crippen LogP contribution in [-0.4, -0.2) is 57.5 Å². The van der Waals surface area contributed by atoms with E-state index >= 15 is 0 Å². The fourth-order valence-electron chi connectivity index (χ4n) is 2.81. The number of ether oxygens (including phenoxy) is 2. The van der Waals surface area contributed by atoms with Gasteiger partial charge in [0, 0.05) is 39.1 Å². The summed E-state index contributed by atoms with van der Waals surface area (Å²) in [4.78, 5) is 19.1. The summed E-state index contributed by atoms with van der Waals surface area (Å²) in [6, 6.07) is 9.61. The van der Waals surface area contributed by atoms with Crippen molar-refractivity contribution in [3.8, 4) is 0 Å². The van der Waals surface area contributed by atoms with E-state index < -0.39 is 0 Å². The Hall–Kier alpha value is -2.64. The van der Waals surface area contributed by atoms with Gasteiger partial charge in [0.25, 0.3) is 5.91 Å². The lowest BCUT2D eigenvalue weighted by Crippen LogP contribution is -2.36. The average molecular weight is 356 g/mol. The number of methoxy groups -OCH3 is 1. The maximum Gasteiger partial charge on any atom is 0.257 e. The zero-order valence-electron chi connectivity index (χ0n) is 14.9. The number of aromatic nitrogens is 1. The fraction of sp³-hybridized carbons (Fsp3) is 0.368. The Morgan fingerprint density at radius 2 is 2.08 bits per heavy atom. The van der Waals surface area contributed by atoms with Gasteiger partial charge < -0.3 is 25.0 Å². The first-order valence-electron chi connectivity index (χ1n) is 8.69. The molecule has 2 aromatic rings. The molecule has 0 bridgehead atoms. The monoisotopic (exact) mass is 356 g/mol. The van der Waals surface area contributed by atoms with Crippen molar-refractivity contribution in [3.05, 3.63) is 48.3 Å². The summed E-state index contributed by atoms with van der Waals surface area (Å²) in [5.74, 6) is -0.186. The largest absolute Gasteiger partial charge is 0.383 e. The van der Waals surface area contributed by atoms with Crippen molar-refractivity contribution in [2.75, 3.05) is 62.1 Å². The normalized spacial score (nSPS) is 14.1. The van der Waals surface area contributed by atoms with Crippen LogP contribution in [0.3, 0.4) is 0 Å². The molecular formula is C19H24N4O3. The lowest BCUT2D eigenvalue weighted by Gasteiger charge is -2.30. The molecule has 1 aliphatic heterocycles. The van der Waals surface area contributed by atoms with Crippen LogP contribution in [0.2, 0.25) is 0 Å². The molecular weight excluding hydrogens is 332 g/mol. The van der Waals surface area contributed by atoms with E-state index in [1.165, 1.54) is 0 Å². The molecule has 1 fully saturated rings. The molecule has 1 aliphatic rings. The highest BCUT2D eigenvalue weighted by Crippen LogP contribution is 2.27. The topological polar surface area (TPSA) is 75.7 Å². The summed E-state index contributed by atoms with van der Waals surface area (Å²) in [5, 5.41) is 6.18. The SMILES string of the molecule is COCCNc1cncc(C(=O)Nc2ccccc2N2CCOCC2)c1. The van der Waals surface area contributed by atoms with Crippen molar-refractivity contribution in [1.82, 2.24) is 4.98 Å². The molecule has 2 heterocycles. The van der Waals surface area contributed by atoms with Crippen molar-refractivity contribution >= 4 is 23.0 Å². The van der Waals surface area contributed by atoms with Gasteiger partial charge in [0.2, 0.25) is 0 Å². The van der Waals surface area contributed by atoms with E-state index in [1.54, 1.807) is 25.6 Å². The molecule has 2 N–H and O–H groups in total. The van der Waals surface area contributed by atoms with Gasteiger partial charge in [-0.25, -0.2) is 0 Å².